The zero-order valence-electron chi connectivity index (χ0n) is 8.40. The summed E-state index contributed by atoms with van der Waals surface area (Å²) in [5.41, 5.74) is 4.85. The highest BCUT2D eigenvalue weighted by molar-refractivity contribution is 5.90. The number of nitrogens with two attached hydrogens (primary N) is 1. The van der Waals surface area contributed by atoms with Crippen LogP contribution in [0.3, 0.4) is 0 Å². The first-order chi connectivity index (χ1) is 8.13. The number of nitrogen functional groups attached to an aromatic ring is 1. The Labute approximate surface area is 95.0 Å². The Bertz CT molecular complexity index is 613. The molecule has 0 aliphatic rings. The fourth-order valence-electron chi connectivity index (χ4n) is 1.23. The molecule has 17 heavy (non-hydrogen) atoms. The number of nitriles is 1. The third kappa shape index (κ3) is 1.76. The molecule has 8 heteroatoms. The third-order valence-electron chi connectivity index (χ3n) is 1.93. The highest BCUT2D eigenvalue weighted by Gasteiger charge is 2.17. The molecule has 0 amide bonds. The smallest absolute Gasteiger partial charge is 0.358 e. The van der Waals surface area contributed by atoms with Gasteiger partial charge < -0.3 is 10.8 Å². The van der Waals surface area contributed by atoms with E-state index in [9.17, 15) is 4.79 Å². The molecule has 84 valence electrons. The van der Waals surface area contributed by atoms with E-state index in [2.05, 4.69) is 15.1 Å². The van der Waals surface area contributed by atoms with Gasteiger partial charge in [-0.15, -0.1) is 0 Å². The molecule has 0 spiro atoms. The Morgan fingerprint density at radius 1 is 1.53 bits per heavy atom. The molecule has 0 saturated carbocycles. The predicted molar refractivity (Wildman–Crippen MR) is 55.2 cm³/mol. The van der Waals surface area contributed by atoms with Crippen molar-refractivity contribution < 1.29 is 9.90 Å². The van der Waals surface area contributed by atoms with Gasteiger partial charge in [-0.3, -0.25) is 0 Å². The van der Waals surface area contributed by atoms with E-state index in [4.69, 9.17) is 16.1 Å². The van der Waals surface area contributed by atoms with Crippen LogP contribution in [0.25, 0.3) is 5.82 Å². The zero-order valence-corrected chi connectivity index (χ0v) is 8.40. The fraction of sp³-hybridized carbons (Fsp3) is 0. The molecule has 2 rings (SSSR count). The molecule has 0 bridgehead atoms. The van der Waals surface area contributed by atoms with Crippen LogP contribution in [0.2, 0.25) is 0 Å². The molecule has 0 radical (unpaired) electrons. The van der Waals surface area contributed by atoms with Gasteiger partial charge in [-0.05, 0) is 6.07 Å². The molecule has 2 aromatic rings. The van der Waals surface area contributed by atoms with Gasteiger partial charge >= 0.3 is 5.97 Å². The molecule has 0 aliphatic heterocycles. The van der Waals surface area contributed by atoms with E-state index in [1.807, 2.05) is 0 Å². The molecule has 0 saturated heterocycles. The van der Waals surface area contributed by atoms with Crippen LogP contribution in [0.15, 0.2) is 18.5 Å². The van der Waals surface area contributed by atoms with E-state index in [1.54, 1.807) is 18.3 Å². The van der Waals surface area contributed by atoms with E-state index in [-0.39, 0.29) is 17.3 Å². The summed E-state index contributed by atoms with van der Waals surface area (Å²) in [4.78, 5) is 18.2. The van der Waals surface area contributed by atoms with E-state index in [1.165, 1.54) is 10.9 Å². The maximum atomic E-state index is 10.8. The van der Waals surface area contributed by atoms with E-state index < -0.39 is 11.7 Å². The molecule has 3 N–H and O–H groups in total. The van der Waals surface area contributed by atoms with Gasteiger partial charge in [0.25, 0.3) is 0 Å². The van der Waals surface area contributed by atoms with Gasteiger partial charge in [0.15, 0.2) is 23.0 Å². The molecular formula is C9H6N6O2. The van der Waals surface area contributed by atoms with Gasteiger partial charge in [0.2, 0.25) is 0 Å². The number of carbonyl (C=O) groups is 1. The highest BCUT2D eigenvalue weighted by Crippen LogP contribution is 2.13. The molecule has 0 fully saturated rings. The summed E-state index contributed by atoms with van der Waals surface area (Å²) in [6.45, 7) is 0. The minimum Gasteiger partial charge on any atom is -0.476 e. The monoisotopic (exact) mass is 230 g/mol. The Balaban J connectivity index is 2.67. The summed E-state index contributed by atoms with van der Waals surface area (Å²) in [6.07, 6.45) is 3.04. The standard InChI is InChI=1S/C9H6N6O2/c10-4-5-8(15-3-1-2-12-15)14-7(11)6(13-5)9(16)17/h1-3H,(H2,11,14)(H,16,17). The van der Waals surface area contributed by atoms with E-state index in [0.717, 1.165) is 0 Å². The number of hydrogen-bond acceptors (Lipinski definition) is 6. The lowest BCUT2D eigenvalue weighted by Crippen LogP contribution is -2.13. The van der Waals surface area contributed by atoms with Gasteiger partial charge in [-0.2, -0.15) is 10.4 Å². The van der Waals surface area contributed by atoms with Crippen LogP contribution in [-0.4, -0.2) is 30.8 Å². The van der Waals surface area contributed by atoms with Crippen LogP contribution in [0.5, 0.6) is 0 Å². The van der Waals surface area contributed by atoms with Crippen LogP contribution < -0.4 is 5.73 Å². The van der Waals surface area contributed by atoms with Crippen molar-refractivity contribution in [1.82, 2.24) is 19.7 Å². The SMILES string of the molecule is N#Cc1nc(C(=O)O)c(N)nc1-n1cccn1. The van der Waals surface area contributed by atoms with Gasteiger partial charge in [-0.25, -0.2) is 19.4 Å². The number of hydrogen-bond donors (Lipinski definition) is 2. The summed E-state index contributed by atoms with van der Waals surface area (Å²) < 4.78 is 1.29. The number of carboxylic acids is 1. The number of carboxylic acid groups (broad SMARTS) is 1. The van der Waals surface area contributed by atoms with Crippen molar-refractivity contribution in [3.63, 3.8) is 0 Å². The normalized spacial score (nSPS) is 9.82. The van der Waals surface area contributed by atoms with Gasteiger partial charge in [0.1, 0.15) is 6.07 Å². The molecule has 0 aromatic carbocycles. The summed E-state index contributed by atoms with van der Waals surface area (Å²) in [6, 6.07) is 3.38. The van der Waals surface area contributed by atoms with Crippen LogP contribution >= 0.6 is 0 Å². The molecule has 8 nitrogen and oxygen atoms in total. The highest BCUT2D eigenvalue weighted by atomic mass is 16.4. The first kappa shape index (κ1) is 10.6. The van der Waals surface area contributed by atoms with Crippen molar-refractivity contribution in [1.29, 1.82) is 5.26 Å². The van der Waals surface area contributed by atoms with Crippen LogP contribution in [-0.2, 0) is 0 Å². The van der Waals surface area contributed by atoms with Crippen molar-refractivity contribution in [3.05, 3.63) is 29.8 Å². The van der Waals surface area contributed by atoms with Gasteiger partial charge in [0.05, 0.1) is 0 Å². The summed E-state index contributed by atoms with van der Waals surface area (Å²) in [5.74, 6) is -1.50. The molecular weight excluding hydrogens is 224 g/mol. The fourth-order valence-corrected chi connectivity index (χ4v) is 1.23. The summed E-state index contributed by atoms with van der Waals surface area (Å²) in [5, 5.41) is 21.6. The molecule has 2 heterocycles. The Hall–Kier alpha value is -2.95. The minimum absolute atomic E-state index is 0.0972. The number of nitrogens with zero attached hydrogens (tertiary/aromatic N) is 5. The number of aromatic nitrogens is 4. The average Bonchev–Trinajstić information content (AvgIpc) is 2.81. The van der Waals surface area contributed by atoms with Crippen molar-refractivity contribution in [2.24, 2.45) is 0 Å². The molecule has 0 unspecified atom stereocenters. The molecule has 0 atom stereocenters. The number of anilines is 1. The lowest BCUT2D eigenvalue weighted by molar-refractivity contribution is 0.0691. The second-order valence-corrected chi connectivity index (χ2v) is 3.00. The van der Waals surface area contributed by atoms with Crippen molar-refractivity contribution in [2.75, 3.05) is 5.73 Å². The average molecular weight is 230 g/mol. The maximum absolute atomic E-state index is 10.8. The van der Waals surface area contributed by atoms with Gasteiger partial charge in [-0.1, -0.05) is 0 Å². The Morgan fingerprint density at radius 2 is 2.29 bits per heavy atom. The minimum atomic E-state index is -1.33. The van der Waals surface area contributed by atoms with Crippen LogP contribution in [0.4, 0.5) is 5.82 Å². The quantitative estimate of drug-likeness (QED) is 0.731. The zero-order chi connectivity index (χ0) is 12.4. The number of aromatic carboxylic acids is 1. The first-order valence-corrected chi connectivity index (χ1v) is 4.44. The third-order valence-corrected chi connectivity index (χ3v) is 1.93. The predicted octanol–water partition coefficient (Wildman–Crippen LogP) is -0.186. The lowest BCUT2D eigenvalue weighted by atomic mass is 10.3. The maximum Gasteiger partial charge on any atom is 0.358 e. The van der Waals surface area contributed by atoms with Crippen LogP contribution in [0.1, 0.15) is 16.2 Å². The Morgan fingerprint density at radius 3 is 2.82 bits per heavy atom. The van der Waals surface area contributed by atoms with Crippen molar-refractivity contribution in [2.45, 2.75) is 0 Å². The van der Waals surface area contributed by atoms with E-state index in [0.29, 0.717) is 0 Å². The van der Waals surface area contributed by atoms with Crippen molar-refractivity contribution in [3.8, 4) is 11.9 Å². The second-order valence-electron chi connectivity index (χ2n) is 3.00. The largest absolute Gasteiger partial charge is 0.476 e. The summed E-state index contributed by atoms with van der Waals surface area (Å²) >= 11 is 0. The molecule has 2 aromatic heterocycles. The van der Waals surface area contributed by atoms with Crippen molar-refractivity contribution >= 4 is 11.8 Å². The molecule has 0 aliphatic carbocycles. The lowest BCUT2D eigenvalue weighted by Gasteiger charge is -2.05. The summed E-state index contributed by atoms with van der Waals surface area (Å²) in [7, 11) is 0. The van der Waals surface area contributed by atoms with Gasteiger partial charge in [0, 0.05) is 12.4 Å². The second kappa shape index (κ2) is 3.90. The van der Waals surface area contributed by atoms with E-state index >= 15 is 0 Å². The van der Waals surface area contributed by atoms with Crippen LogP contribution in [0, 0.1) is 11.3 Å². The topological polar surface area (TPSA) is 131 Å². The number of rotatable bonds is 2. The first-order valence-electron chi connectivity index (χ1n) is 4.44. The Kier molecular flexibility index (Phi) is 2.42.